The van der Waals surface area contributed by atoms with Crippen LogP contribution in [0.2, 0.25) is 0 Å². The van der Waals surface area contributed by atoms with E-state index in [0.717, 1.165) is 6.07 Å². The van der Waals surface area contributed by atoms with Gasteiger partial charge in [-0.15, -0.1) is 5.10 Å². The zero-order valence-corrected chi connectivity index (χ0v) is 45.2. The van der Waals surface area contributed by atoms with Gasteiger partial charge in [0.1, 0.15) is 29.7 Å². The van der Waals surface area contributed by atoms with E-state index in [1.165, 1.54) is 20.5 Å². The number of likely N-dealkylation sites (tertiary alicyclic amines) is 1. The molecule has 2 aliphatic heterocycles. The Bertz CT molecular complexity index is 2640. The molecule has 78 heavy (non-hydrogen) atoms. The summed E-state index contributed by atoms with van der Waals surface area (Å²) in [5.74, 6) is -5.07. The molecule has 0 bridgehead atoms. The van der Waals surface area contributed by atoms with Crippen LogP contribution in [0.15, 0.2) is 54.7 Å². The second-order valence-corrected chi connectivity index (χ2v) is 20.0. The highest BCUT2D eigenvalue weighted by Crippen LogP contribution is 2.32. The molecular formula is C53H73FN12O12. The third-order valence-electron chi connectivity index (χ3n) is 13.3. The van der Waals surface area contributed by atoms with Gasteiger partial charge >= 0.3 is 18.1 Å². The number of ketones is 1. The molecule has 0 radical (unpaired) electrons. The second kappa shape index (κ2) is 29.0. The van der Waals surface area contributed by atoms with Crippen LogP contribution in [0.3, 0.4) is 0 Å². The Morgan fingerprint density at radius 1 is 0.923 bits per heavy atom. The minimum atomic E-state index is -1.50. The monoisotopic (exact) mass is 1090 g/mol. The smallest absolute Gasteiger partial charge is 0.410 e. The van der Waals surface area contributed by atoms with Gasteiger partial charge in [0.15, 0.2) is 6.10 Å². The van der Waals surface area contributed by atoms with Crippen molar-refractivity contribution in [2.24, 2.45) is 17.6 Å². The molecule has 25 heteroatoms. The molecule has 3 aromatic rings. The van der Waals surface area contributed by atoms with Gasteiger partial charge in [0.25, 0.3) is 5.91 Å². The van der Waals surface area contributed by atoms with Crippen molar-refractivity contribution in [1.82, 2.24) is 40.9 Å². The van der Waals surface area contributed by atoms with E-state index < -0.39 is 71.2 Å². The number of urea groups is 1. The lowest BCUT2D eigenvalue weighted by Gasteiger charge is -2.36. The fraction of sp³-hybridized carbons (Fsp3) is 0.528. The van der Waals surface area contributed by atoms with Crippen molar-refractivity contribution in [2.45, 2.75) is 117 Å². The number of aliphatic carboxylic acids is 1. The van der Waals surface area contributed by atoms with E-state index in [-0.39, 0.29) is 106 Å². The van der Waals surface area contributed by atoms with Crippen LogP contribution in [0, 0.1) is 17.7 Å². The molecule has 2 aromatic carbocycles. The van der Waals surface area contributed by atoms with E-state index >= 15 is 4.39 Å². The molecular weight excluding hydrogens is 1020 g/mol. The van der Waals surface area contributed by atoms with Crippen LogP contribution in [0.1, 0.15) is 126 Å². The van der Waals surface area contributed by atoms with Crippen molar-refractivity contribution in [2.75, 3.05) is 68.0 Å². The van der Waals surface area contributed by atoms with E-state index in [1.807, 2.05) is 34.6 Å². The van der Waals surface area contributed by atoms with Crippen LogP contribution in [0.5, 0.6) is 0 Å². The van der Waals surface area contributed by atoms with Crippen LogP contribution < -0.4 is 37.0 Å². The Hall–Kier alpha value is -7.96. The van der Waals surface area contributed by atoms with Crippen LogP contribution in [0.25, 0.3) is 0 Å². The molecule has 3 heterocycles. The molecule has 0 aliphatic carbocycles. The maximum atomic E-state index is 15.5. The van der Waals surface area contributed by atoms with Crippen molar-refractivity contribution >= 4 is 70.5 Å². The summed E-state index contributed by atoms with van der Waals surface area (Å²) >= 11 is 0. The maximum Gasteiger partial charge on any atom is 0.410 e. The summed E-state index contributed by atoms with van der Waals surface area (Å²) < 4.78 is 22.5. The van der Waals surface area contributed by atoms with Crippen LogP contribution >= 0.6 is 0 Å². The zero-order chi connectivity index (χ0) is 57.2. The van der Waals surface area contributed by atoms with Crippen molar-refractivity contribution < 1.29 is 62.2 Å². The number of hydrogen-bond donors (Lipinski definition) is 6. The molecule has 0 spiro atoms. The maximum absolute atomic E-state index is 15.5. The highest BCUT2D eigenvalue weighted by Gasteiger charge is 2.32. The lowest BCUT2D eigenvalue weighted by molar-refractivity contribution is -0.150. The minimum Gasteiger partial charge on any atom is -0.478 e. The van der Waals surface area contributed by atoms with E-state index in [9.17, 15) is 48.3 Å². The molecule has 8 amide bonds. The number of unbranched alkanes of at least 4 members (excludes halogenated alkanes) is 2. The molecule has 2 aliphatic rings. The number of hydroxylamine groups is 1. The molecule has 1 unspecified atom stereocenters. The lowest BCUT2D eigenvalue weighted by Crippen LogP contribution is -2.49. The van der Waals surface area contributed by atoms with Gasteiger partial charge in [-0.25, -0.2) is 28.9 Å². The Morgan fingerprint density at radius 3 is 2.22 bits per heavy atom. The Labute approximate surface area is 452 Å². The highest BCUT2D eigenvalue weighted by molar-refractivity contribution is 6.25. The summed E-state index contributed by atoms with van der Waals surface area (Å²) in [6, 6.07) is 6.80. The molecule has 3 atom stereocenters. The third-order valence-corrected chi connectivity index (χ3v) is 13.3. The highest BCUT2D eigenvalue weighted by atomic mass is 19.1. The van der Waals surface area contributed by atoms with Gasteiger partial charge in [-0.1, -0.05) is 58.0 Å². The molecule has 2 fully saturated rings. The molecule has 7 N–H and O–H groups in total. The number of aromatic nitrogens is 3. The number of rotatable bonds is 29. The number of ether oxygens (including phenoxy) is 1. The standard InChI is InChI=1S/C53H73FN12O12/c1-8-62(7)41-29-42(38(54)28-37(41)48(70)34(6)51(73)74)63-23-25-64(26-24-63)53(76)77-31-35-15-17-36(18-16-35)57-49(71)40(13-12-21-56-52(55)75)66-30-39(59-61-66)47(33(4)5)58-50(72)43(27-32(2)3)78-60-44(67)14-10-9-11-22-65-45(68)19-20-46(65)69/h15-18,28-30,32-33,40,43,47H,6,8-14,19-27,31H2,1-5,7H3,(H,57,71)(H,58,72)(H,60,67)(H,73,74)(H3,55,56,75)/t40-,43?,47-/m0/s1. The number of nitrogens with one attached hydrogen (secondary N) is 4. The van der Waals surface area contributed by atoms with Crippen LogP contribution in [-0.4, -0.2) is 142 Å². The Balaban J connectivity index is 1.15. The normalized spacial score (nSPS) is 14.7. The summed E-state index contributed by atoms with van der Waals surface area (Å²) in [6.07, 6.45) is 2.96. The second-order valence-electron chi connectivity index (χ2n) is 20.0. The number of halogens is 1. The molecule has 0 saturated carbocycles. The fourth-order valence-corrected chi connectivity index (χ4v) is 8.73. The number of hydrogen-bond acceptors (Lipinski definition) is 15. The number of anilines is 3. The molecule has 5 rings (SSSR count). The summed E-state index contributed by atoms with van der Waals surface area (Å²) in [5, 5.41) is 26.3. The van der Waals surface area contributed by atoms with Crippen molar-refractivity contribution in [3.63, 3.8) is 0 Å². The van der Waals surface area contributed by atoms with E-state index in [2.05, 4.69) is 38.3 Å². The first kappa shape index (κ1) is 60.9. The van der Waals surface area contributed by atoms with Gasteiger partial charge < -0.3 is 46.2 Å². The van der Waals surface area contributed by atoms with Gasteiger partial charge in [-0.2, -0.15) is 0 Å². The molecule has 1 aromatic heterocycles. The topological polar surface area (TPSA) is 310 Å². The number of nitrogens with two attached hydrogens (primary N) is 1. The molecule has 424 valence electrons. The number of nitrogens with zero attached hydrogens (tertiary/aromatic N) is 7. The predicted molar refractivity (Wildman–Crippen MR) is 284 cm³/mol. The van der Waals surface area contributed by atoms with E-state index in [4.69, 9.17) is 15.3 Å². The SMILES string of the molecule is C=C(C(=O)O)C(=O)c1cc(F)c(N2CCN(C(=O)OCc3ccc(NC(=O)[C@H](CCCNC(N)=O)n4cc([C@@H](NC(=O)C(CC(C)C)ONC(=O)CCCCCN5C(=O)CCC5=O)C(C)C)nn4)cc3)CC2)cc1N(C)CC. The van der Waals surface area contributed by atoms with Gasteiger partial charge in [-0.05, 0) is 80.7 Å². The summed E-state index contributed by atoms with van der Waals surface area (Å²) in [5.41, 5.74) is 8.80. The number of Topliss-reactive ketones (excluding diaryl/α,β-unsaturated/α-hetero) is 1. The summed E-state index contributed by atoms with van der Waals surface area (Å²) in [6.45, 7) is 14.5. The molecule has 24 nitrogen and oxygen atoms in total. The first-order chi connectivity index (χ1) is 37.1. The number of primary amides is 1. The summed E-state index contributed by atoms with van der Waals surface area (Å²) in [7, 11) is 1.70. The average molecular weight is 1090 g/mol. The summed E-state index contributed by atoms with van der Waals surface area (Å²) in [4.78, 5) is 125. The van der Waals surface area contributed by atoms with E-state index in [1.54, 1.807) is 47.3 Å². The fourth-order valence-electron chi connectivity index (χ4n) is 8.73. The number of carbonyl (C=O) groups is 9. The van der Waals surface area contributed by atoms with Gasteiger partial charge in [0.2, 0.25) is 29.4 Å². The van der Waals surface area contributed by atoms with Crippen LogP contribution in [-0.2, 0) is 44.9 Å². The largest absolute Gasteiger partial charge is 0.478 e. The number of imide groups is 1. The lowest BCUT2D eigenvalue weighted by atomic mass is 9.99. The first-order valence-electron chi connectivity index (χ1n) is 26.2. The Kier molecular flexibility index (Phi) is 22.6. The average Bonchev–Trinajstić information content (AvgIpc) is 4.03. The van der Waals surface area contributed by atoms with Gasteiger partial charge in [0.05, 0.1) is 17.9 Å². The molecule has 2 saturated heterocycles. The number of carboxylic acids is 1. The van der Waals surface area contributed by atoms with Gasteiger partial charge in [-0.3, -0.25) is 38.5 Å². The Morgan fingerprint density at radius 2 is 1.60 bits per heavy atom. The zero-order valence-electron chi connectivity index (χ0n) is 45.2. The van der Waals surface area contributed by atoms with Gasteiger partial charge in [0, 0.05) is 89.1 Å². The first-order valence-corrected chi connectivity index (χ1v) is 26.2. The quantitative estimate of drug-likeness (QED) is 0.0104. The number of carboxylic acid groups (broad SMARTS) is 1. The van der Waals surface area contributed by atoms with Crippen molar-refractivity contribution in [3.8, 4) is 0 Å². The predicted octanol–water partition coefficient (Wildman–Crippen LogP) is 4.77. The number of amides is 8. The minimum absolute atomic E-state index is 0.0113. The third kappa shape index (κ3) is 17.3. The van der Waals surface area contributed by atoms with Crippen molar-refractivity contribution in [3.05, 3.63) is 77.4 Å². The number of benzene rings is 2. The number of piperazine rings is 1. The van der Waals surface area contributed by atoms with Crippen LogP contribution in [0.4, 0.5) is 31.0 Å². The van der Waals surface area contributed by atoms with E-state index in [0.29, 0.717) is 61.4 Å². The number of carbonyl (C=O) groups excluding carboxylic acids is 8. The van der Waals surface area contributed by atoms with Crippen molar-refractivity contribution in [1.29, 1.82) is 0 Å².